The lowest BCUT2D eigenvalue weighted by atomic mass is 9.82. The molecule has 0 bridgehead atoms. The third-order valence-corrected chi connectivity index (χ3v) is 3.71. The van der Waals surface area contributed by atoms with Crippen molar-refractivity contribution in [2.75, 3.05) is 0 Å². The van der Waals surface area contributed by atoms with Gasteiger partial charge in [-0.25, -0.2) is 0 Å². The predicted molar refractivity (Wildman–Crippen MR) is 67.4 cm³/mol. The van der Waals surface area contributed by atoms with Gasteiger partial charge in [-0.05, 0) is 53.6 Å². The minimum absolute atomic E-state index is 0.0197. The molecule has 1 fully saturated rings. The van der Waals surface area contributed by atoms with Crippen molar-refractivity contribution < 1.29 is 17.9 Å². The van der Waals surface area contributed by atoms with Crippen LogP contribution in [0.3, 0.4) is 0 Å². The standard InChI is InChI=1S/C11H9ClF3IO/c12-9-5-7(16)1-2-10(9)17-8-3-6(4-8)11(13,14)15/h1-2,5-6,8H,3-4H2. The van der Waals surface area contributed by atoms with Crippen molar-refractivity contribution in [1.29, 1.82) is 0 Å². The van der Waals surface area contributed by atoms with E-state index in [2.05, 4.69) is 22.6 Å². The molecule has 1 aliphatic rings. The lowest BCUT2D eigenvalue weighted by Gasteiger charge is -2.36. The number of halogens is 5. The summed E-state index contributed by atoms with van der Waals surface area (Å²) in [5.74, 6) is -0.771. The Hall–Kier alpha value is -0.170. The van der Waals surface area contributed by atoms with E-state index in [1.54, 1.807) is 12.1 Å². The van der Waals surface area contributed by atoms with Gasteiger partial charge in [0.25, 0.3) is 0 Å². The van der Waals surface area contributed by atoms with Crippen LogP contribution in [0.1, 0.15) is 12.8 Å². The van der Waals surface area contributed by atoms with Crippen molar-refractivity contribution in [3.63, 3.8) is 0 Å². The summed E-state index contributed by atoms with van der Waals surface area (Å²) in [6, 6.07) is 5.21. The Labute approximate surface area is 115 Å². The van der Waals surface area contributed by atoms with Gasteiger partial charge in [-0.3, -0.25) is 0 Å². The zero-order chi connectivity index (χ0) is 12.6. The Balaban J connectivity index is 1.92. The van der Waals surface area contributed by atoms with E-state index in [0.717, 1.165) is 3.57 Å². The zero-order valence-corrected chi connectivity index (χ0v) is 11.5. The van der Waals surface area contributed by atoms with Crippen LogP contribution in [0.25, 0.3) is 0 Å². The SMILES string of the molecule is FC(F)(F)C1CC(Oc2ccc(I)cc2Cl)C1. The van der Waals surface area contributed by atoms with Crippen molar-refractivity contribution in [3.8, 4) is 5.75 Å². The van der Waals surface area contributed by atoms with E-state index >= 15 is 0 Å². The maximum absolute atomic E-state index is 12.3. The van der Waals surface area contributed by atoms with E-state index in [1.165, 1.54) is 0 Å². The summed E-state index contributed by atoms with van der Waals surface area (Å²) in [4.78, 5) is 0. The topological polar surface area (TPSA) is 9.23 Å². The Kier molecular flexibility index (Phi) is 3.77. The van der Waals surface area contributed by atoms with Gasteiger partial charge >= 0.3 is 6.18 Å². The Morgan fingerprint density at radius 1 is 1.29 bits per heavy atom. The van der Waals surface area contributed by atoms with E-state index in [0.29, 0.717) is 10.8 Å². The molecule has 0 N–H and O–H groups in total. The quantitative estimate of drug-likeness (QED) is 0.682. The van der Waals surface area contributed by atoms with Crippen LogP contribution in [0.4, 0.5) is 13.2 Å². The van der Waals surface area contributed by atoms with Gasteiger partial charge in [-0.2, -0.15) is 13.2 Å². The Morgan fingerprint density at radius 2 is 1.94 bits per heavy atom. The van der Waals surface area contributed by atoms with Gasteiger partial charge in [0.2, 0.25) is 0 Å². The first-order valence-corrected chi connectivity index (χ1v) is 6.50. The molecule has 0 unspecified atom stereocenters. The lowest BCUT2D eigenvalue weighted by molar-refractivity contribution is -0.210. The monoisotopic (exact) mass is 376 g/mol. The van der Waals surface area contributed by atoms with Crippen LogP contribution in [0.5, 0.6) is 5.75 Å². The first-order chi connectivity index (χ1) is 7.86. The van der Waals surface area contributed by atoms with Crippen molar-refractivity contribution in [2.24, 2.45) is 5.92 Å². The zero-order valence-electron chi connectivity index (χ0n) is 8.60. The average Bonchev–Trinajstić information content (AvgIpc) is 2.11. The molecule has 1 saturated carbocycles. The fourth-order valence-corrected chi connectivity index (χ4v) is 2.58. The fourth-order valence-electron chi connectivity index (χ4n) is 1.68. The predicted octanol–water partition coefficient (Wildman–Crippen LogP) is 4.66. The van der Waals surface area contributed by atoms with Crippen LogP contribution in [0.15, 0.2) is 18.2 Å². The summed E-state index contributed by atoms with van der Waals surface area (Å²) in [5, 5.41) is 0.437. The number of alkyl halides is 3. The van der Waals surface area contributed by atoms with Crippen molar-refractivity contribution in [3.05, 3.63) is 26.8 Å². The maximum Gasteiger partial charge on any atom is 0.392 e. The van der Waals surface area contributed by atoms with Crippen LogP contribution < -0.4 is 4.74 Å². The van der Waals surface area contributed by atoms with Crippen molar-refractivity contribution in [1.82, 2.24) is 0 Å². The smallest absolute Gasteiger partial charge is 0.392 e. The molecule has 17 heavy (non-hydrogen) atoms. The molecule has 0 atom stereocenters. The Morgan fingerprint density at radius 3 is 2.47 bits per heavy atom. The minimum Gasteiger partial charge on any atom is -0.489 e. The summed E-state index contributed by atoms with van der Waals surface area (Å²) < 4.78 is 43.2. The average molecular weight is 377 g/mol. The van der Waals surface area contributed by atoms with Crippen LogP contribution in [0, 0.1) is 9.49 Å². The van der Waals surface area contributed by atoms with Crippen molar-refractivity contribution >= 4 is 34.2 Å². The molecule has 1 aromatic rings. The van der Waals surface area contributed by atoms with Crippen LogP contribution in [-0.4, -0.2) is 12.3 Å². The highest BCUT2D eigenvalue weighted by atomic mass is 127. The molecular weight excluding hydrogens is 367 g/mol. The molecule has 0 spiro atoms. The van der Waals surface area contributed by atoms with Gasteiger partial charge in [0, 0.05) is 3.57 Å². The summed E-state index contributed by atoms with van der Waals surface area (Å²) in [6.07, 6.45) is -4.44. The molecule has 0 heterocycles. The summed E-state index contributed by atoms with van der Waals surface area (Å²) >= 11 is 8.03. The first kappa shape index (κ1) is 13.3. The van der Waals surface area contributed by atoms with Gasteiger partial charge < -0.3 is 4.74 Å². The minimum atomic E-state index is -4.10. The normalized spacial score (nSPS) is 24.3. The van der Waals surface area contributed by atoms with Crippen molar-refractivity contribution in [2.45, 2.75) is 25.1 Å². The van der Waals surface area contributed by atoms with Crippen LogP contribution in [-0.2, 0) is 0 Å². The number of hydrogen-bond acceptors (Lipinski definition) is 1. The first-order valence-electron chi connectivity index (χ1n) is 5.04. The van der Waals surface area contributed by atoms with Gasteiger partial charge in [0.15, 0.2) is 0 Å². The molecule has 0 radical (unpaired) electrons. The third kappa shape index (κ3) is 3.19. The van der Waals surface area contributed by atoms with E-state index in [9.17, 15) is 13.2 Å². The molecule has 6 heteroatoms. The fraction of sp³-hybridized carbons (Fsp3) is 0.455. The molecular formula is C11H9ClF3IO. The van der Waals surface area contributed by atoms with E-state index in [1.807, 2.05) is 6.07 Å². The highest BCUT2D eigenvalue weighted by molar-refractivity contribution is 14.1. The third-order valence-electron chi connectivity index (χ3n) is 2.75. The Bertz CT molecular complexity index is 416. The number of ether oxygens (including phenoxy) is 1. The second-order valence-corrected chi connectivity index (χ2v) is 5.68. The second kappa shape index (κ2) is 4.84. The van der Waals surface area contributed by atoms with Gasteiger partial charge in [-0.1, -0.05) is 11.6 Å². The molecule has 0 aliphatic heterocycles. The van der Waals surface area contributed by atoms with E-state index in [4.69, 9.17) is 16.3 Å². The molecule has 1 aliphatic carbocycles. The maximum atomic E-state index is 12.3. The van der Waals surface area contributed by atoms with Gasteiger partial charge in [-0.15, -0.1) is 0 Å². The molecule has 1 nitrogen and oxygen atoms in total. The van der Waals surface area contributed by atoms with Crippen LogP contribution in [0.2, 0.25) is 5.02 Å². The largest absolute Gasteiger partial charge is 0.489 e. The molecule has 1 aromatic carbocycles. The lowest BCUT2D eigenvalue weighted by Crippen LogP contribution is -2.42. The second-order valence-electron chi connectivity index (χ2n) is 4.02. The summed E-state index contributed by atoms with van der Waals surface area (Å²) in [6.45, 7) is 0. The summed E-state index contributed by atoms with van der Waals surface area (Å²) in [5.41, 5.74) is 0. The van der Waals surface area contributed by atoms with E-state index in [-0.39, 0.29) is 18.9 Å². The molecule has 0 aromatic heterocycles. The highest BCUT2D eigenvalue weighted by Gasteiger charge is 2.48. The summed E-state index contributed by atoms with van der Waals surface area (Å²) in [7, 11) is 0. The van der Waals surface area contributed by atoms with E-state index < -0.39 is 12.1 Å². The molecule has 0 amide bonds. The number of benzene rings is 1. The number of rotatable bonds is 2. The van der Waals surface area contributed by atoms with Gasteiger partial charge in [0.05, 0.1) is 17.0 Å². The number of hydrogen-bond donors (Lipinski definition) is 0. The highest BCUT2D eigenvalue weighted by Crippen LogP contribution is 2.43. The van der Waals surface area contributed by atoms with Crippen LogP contribution >= 0.6 is 34.2 Å². The van der Waals surface area contributed by atoms with Gasteiger partial charge in [0.1, 0.15) is 5.75 Å². The molecule has 94 valence electrons. The molecule has 2 rings (SSSR count). The molecule has 0 saturated heterocycles.